The summed E-state index contributed by atoms with van der Waals surface area (Å²) in [4.78, 5) is 21.6. The highest BCUT2D eigenvalue weighted by molar-refractivity contribution is 7.09. The number of carbonyl (C=O) groups is 1. The third-order valence-corrected chi connectivity index (χ3v) is 7.34. The number of methoxy groups -OCH3 is 2. The van der Waals surface area contributed by atoms with E-state index in [0.717, 1.165) is 21.7 Å². The second-order valence-corrected chi connectivity index (χ2v) is 10.6. The zero-order valence-electron chi connectivity index (χ0n) is 22.2. The van der Waals surface area contributed by atoms with Gasteiger partial charge in [-0.25, -0.2) is 9.37 Å². The van der Waals surface area contributed by atoms with Gasteiger partial charge >= 0.3 is 0 Å². The first-order valence-corrected chi connectivity index (χ1v) is 13.7. The van der Waals surface area contributed by atoms with Crippen molar-refractivity contribution in [2.45, 2.75) is 26.1 Å². The number of thiazole rings is 1. The number of benzene rings is 3. The standard InChI is InChI=1S/C30H31ClFN3O3S/c1-34(14-13-21-9-12-27(37-2)28(16-21)38-3)30(36)26-20-39-29(33-26)19-35(17-22-7-10-25(32)11-8-22)18-23-5-4-6-24(31)15-23/h4-12,15-16,20H,13-14,17-19H2,1-3H3. The summed E-state index contributed by atoms with van der Waals surface area (Å²) in [6.07, 6.45) is 0.671. The molecule has 4 aromatic rings. The summed E-state index contributed by atoms with van der Waals surface area (Å²) in [7, 11) is 4.99. The Morgan fingerprint density at radius 1 is 0.923 bits per heavy atom. The summed E-state index contributed by atoms with van der Waals surface area (Å²) in [5.41, 5.74) is 3.52. The number of aromatic nitrogens is 1. The Morgan fingerprint density at radius 2 is 1.64 bits per heavy atom. The maximum absolute atomic E-state index is 13.4. The van der Waals surface area contributed by atoms with E-state index in [1.165, 1.54) is 23.5 Å². The first kappa shape index (κ1) is 28.5. The maximum atomic E-state index is 13.4. The summed E-state index contributed by atoms with van der Waals surface area (Å²) in [5, 5.41) is 3.31. The molecule has 4 rings (SSSR count). The van der Waals surface area contributed by atoms with Crippen molar-refractivity contribution in [1.29, 1.82) is 0 Å². The van der Waals surface area contributed by atoms with Gasteiger partial charge in [0.05, 0.1) is 20.8 Å². The van der Waals surface area contributed by atoms with Crippen molar-refractivity contribution in [3.05, 3.63) is 110 Å². The molecule has 39 heavy (non-hydrogen) atoms. The lowest BCUT2D eigenvalue weighted by Crippen LogP contribution is -2.29. The van der Waals surface area contributed by atoms with E-state index in [1.54, 1.807) is 43.7 Å². The first-order chi connectivity index (χ1) is 18.8. The fourth-order valence-electron chi connectivity index (χ4n) is 4.21. The number of likely N-dealkylation sites (N-methyl/N-ethyl adjacent to an activating group) is 1. The average molecular weight is 568 g/mol. The normalized spacial score (nSPS) is 11.0. The first-order valence-electron chi connectivity index (χ1n) is 12.5. The quantitative estimate of drug-likeness (QED) is 0.196. The number of carbonyl (C=O) groups excluding carboxylic acids is 1. The molecule has 1 aromatic heterocycles. The number of hydrogen-bond acceptors (Lipinski definition) is 6. The highest BCUT2D eigenvalue weighted by Crippen LogP contribution is 2.28. The van der Waals surface area contributed by atoms with E-state index >= 15 is 0 Å². The summed E-state index contributed by atoms with van der Waals surface area (Å²) < 4.78 is 24.1. The van der Waals surface area contributed by atoms with E-state index in [1.807, 2.05) is 42.5 Å². The van der Waals surface area contributed by atoms with E-state index in [2.05, 4.69) is 9.88 Å². The number of hydrogen-bond donors (Lipinski definition) is 0. The molecule has 204 valence electrons. The lowest BCUT2D eigenvalue weighted by Gasteiger charge is -2.22. The van der Waals surface area contributed by atoms with Gasteiger partial charge in [0, 0.05) is 37.1 Å². The van der Waals surface area contributed by atoms with Crippen LogP contribution >= 0.6 is 22.9 Å². The lowest BCUT2D eigenvalue weighted by atomic mass is 10.1. The van der Waals surface area contributed by atoms with Gasteiger partial charge in [0.25, 0.3) is 5.91 Å². The number of ether oxygens (including phenoxy) is 2. The van der Waals surface area contributed by atoms with Crippen molar-refractivity contribution in [2.24, 2.45) is 0 Å². The Kier molecular flexibility index (Phi) is 9.92. The van der Waals surface area contributed by atoms with Gasteiger partial charge in [-0.2, -0.15) is 0 Å². The van der Waals surface area contributed by atoms with Gasteiger partial charge < -0.3 is 14.4 Å². The molecule has 1 amide bonds. The molecule has 6 nitrogen and oxygen atoms in total. The molecule has 0 aliphatic rings. The van der Waals surface area contributed by atoms with E-state index in [0.29, 0.717) is 54.8 Å². The van der Waals surface area contributed by atoms with Crippen LogP contribution in [-0.2, 0) is 26.1 Å². The molecule has 0 aliphatic heterocycles. The maximum Gasteiger partial charge on any atom is 0.273 e. The van der Waals surface area contributed by atoms with Crippen LogP contribution in [0.2, 0.25) is 5.02 Å². The molecular formula is C30H31ClFN3O3S. The number of nitrogens with zero attached hydrogens (tertiary/aromatic N) is 3. The molecule has 0 N–H and O–H groups in total. The highest BCUT2D eigenvalue weighted by atomic mass is 35.5. The van der Waals surface area contributed by atoms with Crippen LogP contribution in [0.1, 0.15) is 32.2 Å². The number of halogens is 2. The van der Waals surface area contributed by atoms with Crippen LogP contribution in [-0.4, -0.2) is 48.5 Å². The van der Waals surface area contributed by atoms with Crippen molar-refractivity contribution in [3.63, 3.8) is 0 Å². The van der Waals surface area contributed by atoms with Gasteiger partial charge in [0.2, 0.25) is 0 Å². The second-order valence-electron chi connectivity index (χ2n) is 9.19. The Labute approximate surface area is 237 Å². The van der Waals surface area contributed by atoms with Crippen molar-refractivity contribution in [1.82, 2.24) is 14.8 Å². The molecule has 0 unspecified atom stereocenters. The van der Waals surface area contributed by atoms with Crippen LogP contribution in [0.5, 0.6) is 11.5 Å². The van der Waals surface area contributed by atoms with Crippen molar-refractivity contribution < 1.29 is 18.7 Å². The van der Waals surface area contributed by atoms with E-state index in [-0.39, 0.29) is 11.7 Å². The number of amides is 1. The monoisotopic (exact) mass is 567 g/mol. The summed E-state index contributed by atoms with van der Waals surface area (Å²) in [6, 6.07) is 20.0. The summed E-state index contributed by atoms with van der Waals surface area (Å²) >= 11 is 7.66. The predicted octanol–water partition coefficient (Wildman–Crippen LogP) is 6.47. The lowest BCUT2D eigenvalue weighted by molar-refractivity contribution is 0.0791. The van der Waals surface area contributed by atoms with Crippen LogP contribution < -0.4 is 9.47 Å². The van der Waals surface area contributed by atoms with Gasteiger partial charge in [0.1, 0.15) is 16.5 Å². The largest absolute Gasteiger partial charge is 0.493 e. The molecule has 0 fully saturated rings. The van der Waals surface area contributed by atoms with Crippen LogP contribution in [0.3, 0.4) is 0 Å². The van der Waals surface area contributed by atoms with E-state index < -0.39 is 0 Å². The van der Waals surface area contributed by atoms with Gasteiger partial charge in [-0.15, -0.1) is 11.3 Å². The molecule has 0 spiro atoms. The molecular weight excluding hydrogens is 537 g/mol. The minimum absolute atomic E-state index is 0.127. The Hall–Kier alpha value is -3.46. The smallest absolute Gasteiger partial charge is 0.273 e. The van der Waals surface area contributed by atoms with Gasteiger partial charge in [-0.1, -0.05) is 41.9 Å². The zero-order chi connectivity index (χ0) is 27.8. The SMILES string of the molecule is COc1ccc(CCN(C)C(=O)c2csc(CN(Cc3ccc(F)cc3)Cc3cccc(Cl)c3)n2)cc1OC. The summed E-state index contributed by atoms with van der Waals surface area (Å²) in [5.74, 6) is 0.942. The minimum Gasteiger partial charge on any atom is -0.493 e. The topological polar surface area (TPSA) is 54.9 Å². The molecule has 1 heterocycles. The predicted molar refractivity (Wildman–Crippen MR) is 153 cm³/mol. The fraction of sp³-hybridized carbons (Fsp3) is 0.267. The van der Waals surface area contributed by atoms with Crippen molar-refractivity contribution in [2.75, 3.05) is 27.8 Å². The number of rotatable bonds is 12. The van der Waals surface area contributed by atoms with Gasteiger partial charge in [-0.05, 0) is 59.5 Å². The minimum atomic E-state index is -0.265. The zero-order valence-corrected chi connectivity index (χ0v) is 23.8. The molecule has 9 heteroatoms. The fourth-order valence-corrected chi connectivity index (χ4v) is 5.23. The third kappa shape index (κ3) is 8.02. The van der Waals surface area contributed by atoms with Crippen LogP contribution in [0.4, 0.5) is 4.39 Å². The van der Waals surface area contributed by atoms with E-state index in [9.17, 15) is 9.18 Å². The highest BCUT2D eigenvalue weighted by Gasteiger charge is 2.18. The molecule has 0 aliphatic carbocycles. The molecule has 3 aromatic carbocycles. The van der Waals surface area contributed by atoms with Crippen molar-refractivity contribution >= 4 is 28.8 Å². The third-order valence-electron chi connectivity index (χ3n) is 6.27. The summed E-state index contributed by atoms with van der Waals surface area (Å²) in [6.45, 7) is 2.30. The van der Waals surface area contributed by atoms with Crippen LogP contribution in [0, 0.1) is 5.82 Å². The van der Waals surface area contributed by atoms with Crippen molar-refractivity contribution in [3.8, 4) is 11.5 Å². The van der Waals surface area contributed by atoms with Crippen LogP contribution in [0.25, 0.3) is 0 Å². The van der Waals surface area contributed by atoms with E-state index in [4.69, 9.17) is 21.1 Å². The van der Waals surface area contributed by atoms with Gasteiger partial charge in [-0.3, -0.25) is 9.69 Å². The Bertz CT molecular complexity index is 1400. The average Bonchev–Trinajstić information content (AvgIpc) is 3.40. The van der Waals surface area contributed by atoms with Gasteiger partial charge in [0.15, 0.2) is 11.5 Å². The molecule has 0 saturated heterocycles. The molecule has 0 atom stereocenters. The second kappa shape index (κ2) is 13.6. The Morgan fingerprint density at radius 3 is 2.36 bits per heavy atom. The van der Waals surface area contributed by atoms with Crippen LogP contribution in [0.15, 0.2) is 72.1 Å². The molecule has 0 saturated carbocycles. The molecule has 0 bridgehead atoms. The molecule has 0 radical (unpaired) electrons. The Balaban J connectivity index is 1.41.